The van der Waals surface area contributed by atoms with Gasteiger partial charge in [0, 0.05) is 18.9 Å². The Kier molecular flexibility index (Phi) is 8.81. The molecule has 8 N–H and O–H groups in total. The second-order valence-corrected chi connectivity index (χ2v) is 8.40. The lowest BCUT2D eigenvalue weighted by Crippen LogP contribution is -2.58. The Hall–Kier alpha value is -4.21. The number of carbonyl (C=O) groups excluding carboxylic acids is 2. The van der Waals surface area contributed by atoms with Crippen LogP contribution in [0.15, 0.2) is 24.3 Å². The summed E-state index contributed by atoms with van der Waals surface area (Å²) in [5, 5.41) is 77.0. The van der Waals surface area contributed by atoms with Crippen LogP contribution in [-0.2, 0) is 33.4 Å². The van der Waals surface area contributed by atoms with Crippen molar-refractivity contribution in [2.45, 2.75) is 55.2 Å². The number of benzene rings is 1. The van der Waals surface area contributed by atoms with E-state index in [0.29, 0.717) is 0 Å². The third-order valence-corrected chi connectivity index (χ3v) is 5.48. The molecule has 0 heterocycles. The van der Waals surface area contributed by atoms with Gasteiger partial charge in [-0.2, -0.15) is 0 Å². The first-order chi connectivity index (χ1) is 17.1. The molecule has 0 spiro atoms. The summed E-state index contributed by atoms with van der Waals surface area (Å²) in [6, 6.07) is 3.57. The zero-order chi connectivity index (χ0) is 28.1. The molecule has 15 nitrogen and oxygen atoms in total. The number of carboxylic acid groups (broad SMARTS) is 3. The molecule has 1 fully saturated rings. The van der Waals surface area contributed by atoms with Crippen molar-refractivity contribution in [3.05, 3.63) is 29.8 Å². The van der Waals surface area contributed by atoms with Gasteiger partial charge in [0.1, 0.15) is 18.3 Å². The molecule has 0 saturated heterocycles. The van der Waals surface area contributed by atoms with Crippen LogP contribution in [0, 0.1) is 0 Å². The number of ether oxygens (including phenoxy) is 2. The monoisotopic (exact) mass is 528 g/mol. The van der Waals surface area contributed by atoms with Gasteiger partial charge in [-0.1, -0.05) is 6.07 Å². The number of phenols is 2. The van der Waals surface area contributed by atoms with Crippen molar-refractivity contribution in [2.75, 3.05) is 0 Å². The third-order valence-electron chi connectivity index (χ3n) is 5.48. The molecule has 37 heavy (non-hydrogen) atoms. The number of carbonyl (C=O) groups is 5. The normalized spacial score (nSPS) is 25.1. The zero-order valence-electron chi connectivity index (χ0n) is 18.9. The van der Waals surface area contributed by atoms with Gasteiger partial charge in [0.15, 0.2) is 22.7 Å². The summed E-state index contributed by atoms with van der Waals surface area (Å²) in [5.41, 5.74) is -5.49. The number of aliphatic hydroxyl groups excluding tert-OH is 1. The lowest BCUT2D eigenvalue weighted by Gasteiger charge is -2.40. The van der Waals surface area contributed by atoms with Gasteiger partial charge in [-0.05, 0) is 23.8 Å². The average molecular weight is 528 g/mol. The van der Waals surface area contributed by atoms with Gasteiger partial charge >= 0.3 is 29.8 Å². The Bertz CT molecular complexity index is 1110. The van der Waals surface area contributed by atoms with Crippen LogP contribution in [0.1, 0.15) is 31.2 Å². The lowest BCUT2D eigenvalue weighted by molar-refractivity contribution is -0.207. The lowest BCUT2D eigenvalue weighted by atomic mass is 9.79. The number of hydrogen-bond acceptors (Lipinski definition) is 12. The molecule has 2 rings (SSSR count). The smallest absolute Gasteiger partial charge is 0.336 e. The molecule has 0 radical (unpaired) electrons. The van der Waals surface area contributed by atoms with Gasteiger partial charge in [0.2, 0.25) is 0 Å². The topological polar surface area (TPSA) is 266 Å². The summed E-state index contributed by atoms with van der Waals surface area (Å²) in [6.07, 6.45) is -8.04. The van der Waals surface area contributed by atoms with Crippen molar-refractivity contribution < 1.29 is 74.3 Å². The van der Waals surface area contributed by atoms with E-state index >= 15 is 0 Å². The van der Waals surface area contributed by atoms with Crippen molar-refractivity contribution in [3.8, 4) is 11.5 Å². The van der Waals surface area contributed by atoms with Crippen LogP contribution in [0.25, 0.3) is 6.08 Å². The zero-order valence-corrected chi connectivity index (χ0v) is 18.9. The Labute approximate surface area is 207 Å². The Morgan fingerprint density at radius 1 is 0.973 bits per heavy atom. The number of aliphatic hydroxyl groups is 3. The summed E-state index contributed by atoms with van der Waals surface area (Å²) >= 11 is 0. The number of esters is 2. The number of hydrogen-bond donors (Lipinski definition) is 8. The molecule has 202 valence electrons. The van der Waals surface area contributed by atoms with Gasteiger partial charge in [-0.15, -0.1) is 0 Å². The largest absolute Gasteiger partial charge is 0.504 e. The summed E-state index contributed by atoms with van der Waals surface area (Å²) in [4.78, 5) is 58.1. The maximum atomic E-state index is 12.2. The van der Waals surface area contributed by atoms with Gasteiger partial charge in [0.05, 0.1) is 12.8 Å². The first kappa shape index (κ1) is 29.0. The molecule has 1 saturated carbocycles. The molecule has 0 unspecified atom stereocenters. The number of carboxylic acids is 3. The fraction of sp³-hybridized carbons (Fsp3) is 0.409. The van der Waals surface area contributed by atoms with Gasteiger partial charge in [-0.25, -0.2) is 14.4 Å². The maximum absolute atomic E-state index is 12.2. The predicted molar refractivity (Wildman–Crippen MR) is 116 cm³/mol. The van der Waals surface area contributed by atoms with E-state index in [2.05, 4.69) is 0 Å². The van der Waals surface area contributed by atoms with E-state index in [9.17, 15) is 54.6 Å². The number of phenolic OH excluding ortho intramolecular Hbond substituents is 2. The van der Waals surface area contributed by atoms with Crippen molar-refractivity contribution in [1.29, 1.82) is 0 Å². The number of aromatic hydroxyl groups is 2. The minimum Gasteiger partial charge on any atom is -0.504 e. The molecule has 0 aliphatic heterocycles. The molecule has 0 bridgehead atoms. The quantitative estimate of drug-likeness (QED) is 0.0984. The van der Waals surface area contributed by atoms with Crippen molar-refractivity contribution in [2.24, 2.45) is 0 Å². The van der Waals surface area contributed by atoms with Gasteiger partial charge < -0.3 is 50.3 Å². The standard InChI is InChI=1S/C22H24O15/c23-11-3-1-10(5-12(11)24)2-4-16(27)36-13-6-21(34,19(30)31)7-14(18(13)29)37-17(28)9-22(35,20(32)33)8-15(25)26/h1-5,13-14,18,23-24,29,34-35H,6-9H2,(H,25,26)(H,30,31)(H,32,33)/b4-2+/t13-,14-,18+,21-,22+/m1/s1. The molecule has 1 aliphatic rings. The van der Waals surface area contributed by atoms with E-state index in [1.54, 1.807) is 0 Å². The van der Waals surface area contributed by atoms with E-state index in [-0.39, 0.29) is 5.56 Å². The molecule has 15 heteroatoms. The SMILES string of the molecule is O=C(O)C[C@](O)(CC(=O)O[C@@H]1C[C@@](O)(C(=O)O)C[C@@H](OC(=O)/C=C/c2ccc(O)c(O)c2)[C@@H]1O)C(=O)O. The summed E-state index contributed by atoms with van der Waals surface area (Å²) in [7, 11) is 0. The fourth-order valence-electron chi connectivity index (χ4n) is 3.54. The highest BCUT2D eigenvalue weighted by molar-refractivity contribution is 5.89. The van der Waals surface area contributed by atoms with E-state index in [1.165, 1.54) is 6.07 Å². The Morgan fingerprint density at radius 2 is 1.57 bits per heavy atom. The van der Waals surface area contributed by atoms with Crippen LogP contribution in [0.3, 0.4) is 0 Å². The predicted octanol–water partition coefficient (Wildman–Crippen LogP) is -1.41. The van der Waals surface area contributed by atoms with Crippen molar-refractivity contribution in [3.63, 3.8) is 0 Å². The number of rotatable bonds is 10. The second kappa shape index (κ2) is 11.2. The number of aliphatic carboxylic acids is 3. The van der Waals surface area contributed by atoms with Crippen LogP contribution in [-0.4, -0.2) is 100 Å². The molecule has 1 aliphatic carbocycles. The Morgan fingerprint density at radius 3 is 2.08 bits per heavy atom. The summed E-state index contributed by atoms with van der Waals surface area (Å²) in [6.45, 7) is 0. The third kappa shape index (κ3) is 7.39. The van der Waals surface area contributed by atoms with Crippen LogP contribution in [0.4, 0.5) is 0 Å². The molecular formula is C22H24O15. The van der Waals surface area contributed by atoms with Crippen molar-refractivity contribution >= 4 is 35.9 Å². The minimum atomic E-state index is -3.08. The van der Waals surface area contributed by atoms with Crippen molar-refractivity contribution in [1.82, 2.24) is 0 Å². The highest BCUT2D eigenvalue weighted by Gasteiger charge is 2.53. The summed E-state index contributed by atoms with van der Waals surface area (Å²) in [5.74, 6) is -9.20. The molecule has 0 aromatic heterocycles. The van der Waals surface area contributed by atoms with Gasteiger partial charge in [-0.3, -0.25) is 9.59 Å². The second-order valence-electron chi connectivity index (χ2n) is 8.40. The van der Waals surface area contributed by atoms with Crippen LogP contribution < -0.4 is 0 Å². The molecule has 5 atom stereocenters. The first-order valence-corrected chi connectivity index (χ1v) is 10.5. The fourth-order valence-corrected chi connectivity index (χ4v) is 3.54. The highest BCUT2D eigenvalue weighted by atomic mass is 16.6. The summed E-state index contributed by atoms with van der Waals surface area (Å²) < 4.78 is 9.86. The molecule has 0 amide bonds. The van der Waals surface area contributed by atoms with Crippen LogP contribution >= 0.6 is 0 Å². The molecule has 1 aromatic rings. The van der Waals surface area contributed by atoms with E-state index in [1.807, 2.05) is 0 Å². The minimum absolute atomic E-state index is 0.248. The van der Waals surface area contributed by atoms with E-state index in [0.717, 1.165) is 24.3 Å². The molecule has 1 aromatic carbocycles. The van der Waals surface area contributed by atoms with E-state index < -0.39 is 96.5 Å². The molecular weight excluding hydrogens is 504 g/mol. The Balaban J connectivity index is 2.18. The van der Waals surface area contributed by atoms with E-state index in [4.69, 9.17) is 19.7 Å². The maximum Gasteiger partial charge on any atom is 0.336 e. The van der Waals surface area contributed by atoms with Crippen LogP contribution in [0.5, 0.6) is 11.5 Å². The highest BCUT2D eigenvalue weighted by Crippen LogP contribution is 2.34. The first-order valence-electron chi connectivity index (χ1n) is 10.5. The van der Waals surface area contributed by atoms with Gasteiger partial charge in [0.25, 0.3) is 0 Å². The average Bonchev–Trinajstić information content (AvgIpc) is 2.77. The van der Waals surface area contributed by atoms with Crippen LogP contribution in [0.2, 0.25) is 0 Å².